The maximum atomic E-state index is 11.2. The van der Waals surface area contributed by atoms with Gasteiger partial charge in [0.1, 0.15) is 5.15 Å². The fourth-order valence-corrected chi connectivity index (χ4v) is 1.97. The van der Waals surface area contributed by atoms with Crippen LogP contribution in [-0.2, 0) is 0 Å². The van der Waals surface area contributed by atoms with Gasteiger partial charge >= 0.3 is 5.69 Å². The summed E-state index contributed by atoms with van der Waals surface area (Å²) in [6.07, 6.45) is 1.41. The number of hydrogen-bond acceptors (Lipinski definition) is 5. The number of aromatic nitrogens is 1. The van der Waals surface area contributed by atoms with Crippen LogP contribution in [0, 0.1) is 10.1 Å². The van der Waals surface area contributed by atoms with Crippen molar-refractivity contribution in [1.82, 2.24) is 4.98 Å². The minimum absolute atomic E-state index is 0.0669. The van der Waals surface area contributed by atoms with Crippen LogP contribution in [0.1, 0.15) is 0 Å². The molecule has 0 aliphatic heterocycles. The number of halogens is 1. The summed E-state index contributed by atoms with van der Waals surface area (Å²) in [6.45, 7) is 0. The topological polar surface area (TPSA) is 74.5 Å². The Balaban J connectivity index is 2.97. The van der Waals surface area contributed by atoms with Gasteiger partial charge in [0.25, 0.3) is 0 Å². The Morgan fingerprint density at radius 1 is 1.33 bits per heavy atom. The number of pyridine rings is 1. The molecule has 0 saturated heterocycles. The number of nitro benzene ring substituents is 1. The lowest BCUT2D eigenvalue weighted by molar-refractivity contribution is -0.384. The number of methoxy groups -OCH3 is 2. The Bertz CT molecular complexity index is 630. The van der Waals surface area contributed by atoms with E-state index >= 15 is 0 Å². The van der Waals surface area contributed by atoms with Crippen LogP contribution in [0.2, 0.25) is 5.15 Å². The Hall–Kier alpha value is -2.08. The minimum atomic E-state index is -0.528. The molecule has 1 aromatic carbocycles. The van der Waals surface area contributed by atoms with Gasteiger partial charge in [0.15, 0.2) is 5.75 Å². The van der Waals surface area contributed by atoms with Crippen LogP contribution in [0.25, 0.3) is 10.8 Å². The van der Waals surface area contributed by atoms with Gasteiger partial charge in [0.05, 0.1) is 24.5 Å². The molecule has 1 heterocycles. The Morgan fingerprint density at radius 2 is 2.06 bits per heavy atom. The van der Waals surface area contributed by atoms with Gasteiger partial charge in [-0.3, -0.25) is 10.1 Å². The van der Waals surface area contributed by atoms with Gasteiger partial charge in [0.2, 0.25) is 5.75 Å². The van der Waals surface area contributed by atoms with E-state index in [9.17, 15) is 10.1 Å². The van der Waals surface area contributed by atoms with E-state index in [1.54, 1.807) is 6.07 Å². The molecule has 18 heavy (non-hydrogen) atoms. The summed E-state index contributed by atoms with van der Waals surface area (Å²) in [5.74, 6) is 0.309. The monoisotopic (exact) mass is 268 g/mol. The minimum Gasteiger partial charge on any atom is -0.493 e. The molecule has 0 N–H and O–H groups in total. The van der Waals surface area contributed by atoms with Crippen LogP contribution in [-0.4, -0.2) is 24.1 Å². The molecule has 1 aromatic heterocycles. The Labute approximate surface area is 107 Å². The quantitative estimate of drug-likeness (QED) is 0.486. The summed E-state index contributed by atoms with van der Waals surface area (Å²) in [4.78, 5) is 14.5. The lowest BCUT2D eigenvalue weighted by Gasteiger charge is -2.10. The predicted octanol–water partition coefficient (Wildman–Crippen LogP) is 2.81. The van der Waals surface area contributed by atoms with Crippen molar-refractivity contribution in [2.24, 2.45) is 0 Å². The number of rotatable bonds is 3. The summed E-state index contributed by atoms with van der Waals surface area (Å²) < 4.78 is 10.1. The lowest BCUT2D eigenvalue weighted by Crippen LogP contribution is -1.98. The zero-order valence-corrected chi connectivity index (χ0v) is 10.4. The van der Waals surface area contributed by atoms with Crippen LogP contribution in [0.4, 0.5) is 5.69 Å². The van der Waals surface area contributed by atoms with Crippen molar-refractivity contribution in [2.45, 2.75) is 0 Å². The van der Waals surface area contributed by atoms with Gasteiger partial charge in [-0.25, -0.2) is 4.98 Å². The summed E-state index contributed by atoms with van der Waals surface area (Å²) in [7, 11) is 2.75. The van der Waals surface area contributed by atoms with Gasteiger partial charge in [-0.2, -0.15) is 0 Å². The number of ether oxygens (including phenoxy) is 2. The fraction of sp³-hybridized carbons (Fsp3) is 0.182. The fourth-order valence-electron chi connectivity index (χ4n) is 1.76. The molecule has 0 bridgehead atoms. The number of benzene rings is 1. The second kappa shape index (κ2) is 4.66. The van der Waals surface area contributed by atoms with E-state index in [0.29, 0.717) is 10.8 Å². The van der Waals surface area contributed by atoms with Crippen LogP contribution < -0.4 is 9.47 Å². The maximum absolute atomic E-state index is 11.2. The van der Waals surface area contributed by atoms with Crippen molar-refractivity contribution in [3.63, 3.8) is 0 Å². The molecule has 0 fully saturated rings. The first kappa shape index (κ1) is 12.4. The number of nitro groups is 1. The summed E-state index contributed by atoms with van der Waals surface area (Å²) in [5.41, 5.74) is -0.184. The number of hydrogen-bond donors (Lipinski definition) is 0. The molecule has 0 spiro atoms. The van der Waals surface area contributed by atoms with Gasteiger partial charge < -0.3 is 9.47 Å². The second-order valence-electron chi connectivity index (χ2n) is 3.41. The average molecular weight is 269 g/mol. The van der Waals surface area contributed by atoms with Crippen molar-refractivity contribution < 1.29 is 14.4 Å². The molecule has 0 saturated carbocycles. The highest BCUT2D eigenvalue weighted by molar-refractivity contribution is 6.34. The first-order valence-electron chi connectivity index (χ1n) is 4.93. The van der Waals surface area contributed by atoms with E-state index in [4.69, 9.17) is 21.1 Å². The molecule has 0 aliphatic carbocycles. The predicted molar refractivity (Wildman–Crippen MR) is 66.5 cm³/mol. The number of nitrogens with zero attached hydrogens (tertiary/aromatic N) is 2. The van der Waals surface area contributed by atoms with Gasteiger partial charge in [0, 0.05) is 11.6 Å². The van der Waals surface area contributed by atoms with Crippen LogP contribution in [0.3, 0.4) is 0 Å². The van der Waals surface area contributed by atoms with Crippen molar-refractivity contribution >= 4 is 28.1 Å². The third-order valence-electron chi connectivity index (χ3n) is 2.52. The molecule has 2 rings (SSSR count). The van der Waals surface area contributed by atoms with Crippen LogP contribution in [0.15, 0.2) is 18.3 Å². The number of fused-ring (bicyclic) bond motifs is 1. The standard InChI is InChI=1S/C11H9ClN2O4/c1-17-8-5-7-6(3-4-13-11(7)12)9(14(15)16)10(8)18-2/h3-5H,1-2H3. The van der Waals surface area contributed by atoms with E-state index in [1.807, 2.05) is 0 Å². The summed E-state index contributed by atoms with van der Waals surface area (Å²) in [5, 5.41) is 12.2. The van der Waals surface area contributed by atoms with Gasteiger partial charge in [-0.05, 0) is 12.1 Å². The van der Waals surface area contributed by atoms with Crippen molar-refractivity contribution in [3.8, 4) is 11.5 Å². The SMILES string of the molecule is COc1cc2c(Cl)nccc2c([N+](=O)[O-])c1OC. The van der Waals surface area contributed by atoms with E-state index in [-0.39, 0.29) is 22.3 Å². The highest BCUT2D eigenvalue weighted by Crippen LogP contribution is 2.44. The summed E-state index contributed by atoms with van der Waals surface area (Å²) >= 11 is 5.93. The van der Waals surface area contributed by atoms with Crippen molar-refractivity contribution in [2.75, 3.05) is 14.2 Å². The molecule has 0 unspecified atom stereocenters. The maximum Gasteiger partial charge on any atom is 0.322 e. The molecule has 0 atom stereocenters. The molecule has 0 radical (unpaired) electrons. The normalized spacial score (nSPS) is 10.4. The Morgan fingerprint density at radius 3 is 2.61 bits per heavy atom. The highest BCUT2D eigenvalue weighted by Gasteiger charge is 2.25. The van der Waals surface area contributed by atoms with E-state index < -0.39 is 4.92 Å². The van der Waals surface area contributed by atoms with Crippen molar-refractivity contribution in [1.29, 1.82) is 0 Å². The van der Waals surface area contributed by atoms with E-state index in [2.05, 4.69) is 4.98 Å². The molecular formula is C11H9ClN2O4. The molecule has 6 nitrogen and oxygen atoms in total. The lowest BCUT2D eigenvalue weighted by atomic mass is 10.1. The molecule has 0 amide bonds. The smallest absolute Gasteiger partial charge is 0.322 e. The first-order valence-corrected chi connectivity index (χ1v) is 5.31. The third kappa shape index (κ3) is 1.80. The second-order valence-corrected chi connectivity index (χ2v) is 3.77. The van der Waals surface area contributed by atoms with Crippen LogP contribution >= 0.6 is 11.6 Å². The van der Waals surface area contributed by atoms with Crippen molar-refractivity contribution in [3.05, 3.63) is 33.6 Å². The molecule has 0 aliphatic rings. The van der Waals surface area contributed by atoms with Crippen LogP contribution in [0.5, 0.6) is 11.5 Å². The van der Waals surface area contributed by atoms with E-state index in [0.717, 1.165) is 0 Å². The average Bonchev–Trinajstić information content (AvgIpc) is 2.36. The Kier molecular flexibility index (Phi) is 3.20. The molecule has 2 aromatic rings. The zero-order valence-electron chi connectivity index (χ0n) is 9.64. The largest absolute Gasteiger partial charge is 0.493 e. The molecular weight excluding hydrogens is 260 g/mol. The zero-order chi connectivity index (χ0) is 13.3. The highest BCUT2D eigenvalue weighted by atomic mass is 35.5. The molecule has 94 valence electrons. The van der Waals surface area contributed by atoms with Gasteiger partial charge in [-0.15, -0.1) is 0 Å². The van der Waals surface area contributed by atoms with E-state index in [1.165, 1.54) is 26.5 Å². The molecule has 7 heteroatoms. The first-order chi connectivity index (χ1) is 8.60. The van der Waals surface area contributed by atoms with Gasteiger partial charge in [-0.1, -0.05) is 11.6 Å². The third-order valence-corrected chi connectivity index (χ3v) is 2.82. The summed E-state index contributed by atoms with van der Waals surface area (Å²) in [6, 6.07) is 3.08.